The summed E-state index contributed by atoms with van der Waals surface area (Å²) < 4.78 is 10.4. The van der Waals surface area contributed by atoms with E-state index >= 15 is 0 Å². The van der Waals surface area contributed by atoms with Gasteiger partial charge in [0.25, 0.3) is 0 Å². The SMILES string of the molecule is CC(=O)NCC#Cc1ccc2c(c1)OCO2. The summed E-state index contributed by atoms with van der Waals surface area (Å²) in [5, 5.41) is 2.60. The van der Waals surface area contributed by atoms with Crippen molar-refractivity contribution in [1.29, 1.82) is 0 Å². The summed E-state index contributed by atoms with van der Waals surface area (Å²) in [6.45, 7) is 2.07. The summed E-state index contributed by atoms with van der Waals surface area (Å²) >= 11 is 0. The summed E-state index contributed by atoms with van der Waals surface area (Å²) in [4.78, 5) is 10.6. The summed E-state index contributed by atoms with van der Waals surface area (Å²) in [5.41, 5.74) is 0.842. The van der Waals surface area contributed by atoms with Crippen molar-refractivity contribution in [1.82, 2.24) is 5.32 Å². The first-order valence-electron chi connectivity index (χ1n) is 4.88. The second-order valence-electron chi connectivity index (χ2n) is 3.28. The smallest absolute Gasteiger partial charge is 0.231 e. The van der Waals surface area contributed by atoms with E-state index in [1.165, 1.54) is 6.92 Å². The highest BCUT2D eigenvalue weighted by molar-refractivity contribution is 5.73. The van der Waals surface area contributed by atoms with Crippen LogP contribution < -0.4 is 14.8 Å². The van der Waals surface area contributed by atoms with Crippen molar-refractivity contribution in [2.75, 3.05) is 13.3 Å². The second kappa shape index (κ2) is 4.58. The lowest BCUT2D eigenvalue weighted by Gasteiger charge is -1.95. The van der Waals surface area contributed by atoms with Gasteiger partial charge in [0, 0.05) is 12.5 Å². The van der Waals surface area contributed by atoms with Crippen molar-refractivity contribution in [2.45, 2.75) is 6.92 Å². The fraction of sp³-hybridized carbons (Fsp3) is 0.250. The first-order chi connectivity index (χ1) is 7.75. The van der Waals surface area contributed by atoms with Crippen LogP contribution in [0, 0.1) is 11.8 Å². The van der Waals surface area contributed by atoms with Crippen LogP contribution >= 0.6 is 0 Å². The van der Waals surface area contributed by atoms with Crippen molar-refractivity contribution < 1.29 is 14.3 Å². The molecule has 1 aromatic carbocycles. The molecule has 0 spiro atoms. The van der Waals surface area contributed by atoms with Crippen molar-refractivity contribution in [2.24, 2.45) is 0 Å². The number of hydrogen-bond donors (Lipinski definition) is 1. The van der Waals surface area contributed by atoms with Gasteiger partial charge in [-0.05, 0) is 18.2 Å². The zero-order valence-corrected chi connectivity index (χ0v) is 8.87. The molecule has 2 rings (SSSR count). The summed E-state index contributed by atoms with van der Waals surface area (Å²) in [5.74, 6) is 7.15. The lowest BCUT2D eigenvalue weighted by Crippen LogP contribution is -2.19. The van der Waals surface area contributed by atoms with E-state index in [1.807, 2.05) is 18.2 Å². The molecule has 1 amide bonds. The molecule has 0 radical (unpaired) electrons. The molecule has 1 aromatic rings. The first-order valence-corrected chi connectivity index (χ1v) is 4.88. The van der Waals surface area contributed by atoms with Crippen LogP contribution in [0.1, 0.15) is 12.5 Å². The van der Waals surface area contributed by atoms with Gasteiger partial charge in [0.05, 0.1) is 6.54 Å². The maximum Gasteiger partial charge on any atom is 0.231 e. The molecular weight excluding hydrogens is 206 g/mol. The van der Waals surface area contributed by atoms with E-state index in [9.17, 15) is 4.79 Å². The monoisotopic (exact) mass is 217 g/mol. The highest BCUT2D eigenvalue weighted by Gasteiger charge is 2.12. The summed E-state index contributed by atoms with van der Waals surface area (Å²) in [6, 6.07) is 5.50. The third-order valence-electron chi connectivity index (χ3n) is 2.03. The Labute approximate surface area is 93.6 Å². The van der Waals surface area contributed by atoms with Crippen LogP contribution in [0.2, 0.25) is 0 Å². The average Bonchev–Trinajstić information content (AvgIpc) is 2.71. The van der Waals surface area contributed by atoms with E-state index in [2.05, 4.69) is 17.2 Å². The third-order valence-corrected chi connectivity index (χ3v) is 2.03. The molecule has 82 valence electrons. The molecule has 0 bridgehead atoms. The van der Waals surface area contributed by atoms with Crippen molar-refractivity contribution in [3.8, 4) is 23.3 Å². The number of hydrogen-bond acceptors (Lipinski definition) is 3. The Morgan fingerprint density at radius 2 is 2.25 bits per heavy atom. The molecule has 0 atom stereocenters. The molecule has 0 saturated heterocycles. The van der Waals surface area contributed by atoms with E-state index in [0.717, 1.165) is 11.3 Å². The maximum atomic E-state index is 10.6. The zero-order chi connectivity index (χ0) is 11.4. The van der Waals surface area contributed by atoms with Gasteiger partial charge in [-0.3, -0.25) is 4.79 Å². The van der Waals surface area contributed by atoms with Gasteiger partial charge in [0.15, 0.2) is 11.5 Å². The zero-order valence-electron chi connectivity index (χ0n) is 8.87. The highest BCUT2D eigenvalue weighted by atomic mass is 16.7. The number of carbonyl (C=O) groups is 1. The lowest BCUT2D eigenvalue weighted by molar-refractivity contribution is -0.118. The molecule has 0 saturated carbocycles. The van der Waals surface area contributed by atoms with Crippen LogP contribution in [-0.2, 0) is 4.79 Å². The minimum absolute atomic E-state index is 0.0833. The Bertz CT molecular complexity index is 471. The number of fused-ring (bicyclic) bond motifs is 1. The molecular formula is C12H11NO3. The van der Waals surface area contributed by atoms with Crippen LogP contribution in [0.15, 0.2) is 18.2 Å². The molecule has 0 aromatic heterocycles. The van der Waals surface area contributed by atoms with Crippen LogP contribution in [0.4, 0.5) is 0 Å². The number of carbonyl (C=O) groups excluding carboxylic acids is 1. The molecule has 4 nitrogen and oxygen atoms in total. The van der Waals surface area contributed by atoms with Gasteiger partial charge in [-0.15, -0.1) is 0 Å². The van der Waals surface area contributed by atoms with Gasteiger partial charge in [-0.25, -0.2) is 0 Å². The Kier molecular flexibility index (Phi) is 2.97. The highest BCUT2D eigenvalue weighted by Crippen LogP contribution is 2.32. The molecule has 0 unspecified atom stereocenters. The van der Waals surface area contributed by atoms with Crippen molar-refractivity contribution >= 4 is 5.91 Å². The van der Waals surface area contributed by atoms with Crippen LogP contribution in [0.25, 0.3) is 0 Å². The third kappa shape index (κ3) is 2.45. The summed E-state index contributed by atoms with van der Waals surface area (Å²) in [7, 11) is 0. The first kappa shape index (κ1) is 10.4. The number of benzene rings is 1. The number of nitrogens with one attached hydrogen (secondary N) is 1. The van der Waals surface area contributed by atoms with Gasteiger partial charge in [-0.1, -0.05) is 11.8 Å². The van der Waals surface area contributed by atoms with E-state index in [-0.39, 0.29) is 12.7 Å². The second-order valence-corrected chi connectivity index (χ2v) is 3.28. The Hall–Kier alpha value is -2.15. The van der Waals surface area contributed by atoms with Crippen LogP contribution in [-0.4, -0.2) is 19.2 Å². The lowest BCUT2D eigenvalue weighted by atomic mass is 10.2. The Morgan fingerprint density at radius 3 is 3.06 bits per heavy atom. The average molecular weight is 217 g/mol. The molecule has 0 aliphatic carbocycles. The van der Waals surface area contributed by atoms with E-state index in [0.29, 0.717) is 12.3 Å². The van der Waals surface area contributed by atoms with Gasteiger partial charge >= 0.3 is 0 Å². The predicted octanol–water partition coefficient (Wildman–Crippen LogP) is 0.903. The number of ether oxygens (including phenoxy) is 2. The molecule has 1 heterocycles. The number of amides is 1. The quantitative estimate of drug-likeness (QED) is 0.711. The van der Waals surface area contributed by atoms with E-state index < -0.39 is 0 Å². The minimum Gasteiger partial charge on any atom is -0.454 e. The van der Waals surface area contributed by atoms with Crippen LogP contribution in [0.3, 0.4) is 0 Å². The van der Waals surface area contributed by atoms with Gasteiger partial charge < -0.3 is 14.8 Å². The fourth-order valence-electron chi connectivity index (χ4n) is 1.29. The summed E-state index contributed by atoms with van der Waals surface area (Å²) in [6.07, 6.45) is 0. The maximum absolute atomic E-state index is 10.6. The van der Waals surface area contributed by atoms with Gasteiger partial charge in [-0.2, -0.15) is 0 Å². The molecule has 16 heavy (non-hydrogen) atoms. The molecule has 1 aliphatic rings. The Balaban J connectivity index is 2.02. The van der Waals surface area contributed by atoms with Crippen molar-refractivity contribution in [3.05, 3.63) is 23.8 Å². The molecule has 1 aliphatic heterocycles. The number of rotatable bonds is 1. The van der Waals surface area contributed by atoms with Gasteiger partial charge in [0.1, 0.15) is 0 Å². The van der Waals surface area contributed by atoms with Gasteiger partial charge in [0.2, 0.25) is 12.7 Å². The van der Waals surface area contributed by atoms with Crippen molar-refractivity contribution in [3.63, 3.8) is 0 Å². The van der Waals surface area contributed by atoms with E-state index in [4.69, 9.17) is 9.47 Å². The standard InChI is InChI=1S/C12H11NO3/c1-9(14)13-6-2-3-10-4-5-11-12(7-10)16-8-15-11/h4-5,7H,6,8H2,1H3,(H,13,14). The molecule has 0 fully saturated rings. The van der Waals surface area contributed by atoms with E-state index in [1.54, 1.807) is 0 Å². The fourth-order valence-corrected chi connectivity index (χ4v) is 1.29. The van der Waals surface area contributed by atoms with Crippen LogP contribution in [0.5, 0.6) is 11.5 Å². The molecule has 1 N–H and O–H groups in total. The predicted molar refractivity (Wildman–Crippen MR) is 58.1 cm³/mol. The normalized spacial score (nSPS) is 11.6. The largest absolute Gasteiger partial charge is 0.454 e. The Morgan fingerprint density at radius 1 is 1.44 bits per heavy atom. The molecule has 4 heteroatoms. The topological polar surface area (TPSA) is 47.6 Å². The minimum atomic E-state index is -0.0833.